The maximum absolute atomic E-state index is 13.2. The maximum atomic E-state index is 13.2. The van der Waals surface area contributed by atoms with Gasteiger partial charge in [-0.15, -0.1) is 0 Å². The molecule has 0 saturated heterocycles. The number of hydrogen-bond acceptors (Lipinski definition) is 5. The molecule has 1 aliphatic heterocycles. The van der Waals surface area contributed by atoms with Crippen LogP contribution in [0.25, 0.3) is 0 Å². The second-order valence-electron chi connectivity index (χ2n) is 6.94. The Morgan fingerprint density at radius 2 is 1.82 bits per heavy atom. The van der Waals surface area contributed by atoms with E-state index in [0.29, 0.717) is 29.9 Å². The molecule has 140 valence electrons. The molecule has 0 radical (unpaired) electrons. The highest BCUT2D eigenvalue weighted by Gasteiger charge is 2.41. The highest BCUT2D eigenvalue weighted by molar-refractivity contribution is 6.00. The zero-order valence-electron chi connectivity index (χ0n) is 15.5. The molecule has 28 heavy (non-hydrogen) atoms. The molecule has 2 atom stereocenters. The van der Waals surface area contributed by atoms with Crippen molar-refractivity contribution in [1.82, 2.24) is 0 Å². The van der Waals surface area contributed by atoms with E-state index in [1.807, 2.05) is 54.6 Å². The fraction of sp³-hybridized carbons (Fsp3) is 0.217. The number of allylic oxidation sites excluding steroid dienone is 3. The first-order valence-corrected chi connectivity index (χ1v) is 9.15. The van der Waals surface area contributed by atoms with Crippen LogP contribution in [-0.4, -0.2) is 12.9 Å². The van der Waals surface area contributed by atoms with Crippen LogP contribution in [0.4, 0.5) is 0 Å². The van der Waals surface area contributed by atoms with Crippen molar-refractivity contribution in [1.29, 1.82) is 5.26 Å². The van der Waals surface area contributed by atoms with Crippen LogP contribution < -0.4 is 10.5 Å². The minimum absolute atomic E-state index is 0.0220. The van der Waals surface area contributed by atoms with Gasteiger partial charge in [-0.25, -0.2) is 0 Å². The third kappa shape index (κ3) is 2.93. The van der Waals surface area contributed by atoms with Gasteiger partial charge >= 0.3 is 0 Å². The van der Waals surface area contributed by atoms with E-state index in [0.717, 1.165) is 11.1 Å². The molecule has 1 heterocycles. The van der Waals surface area contributed by atoms with Crippen LogP contribution in [0.2, 0.25) is 0 Å². The summed E-state index contributed by atoms with van der Waals surface area (Å²) in [5.74, 6) is 0.651. The first-order valence-electron chi connectivity index (χ1n) is 9.15. The largest absolute Gasteiger partial charge is 0.496 e. The van der Waals surface area contributed by atoms with E-state index < -0.39 is 5.92 Å². The highest BCUT2D eigenvalue weighted by atomic mass is 16.5. The van der Waals surface area contributed by atoms with Crippen molar-refractivity contribution in [2.45, 2.75) is 24.7 Å². The lowest BCUT2D eigenvalue weighted by Gasteiger charge is -2.34. The lowest BCUT2D eigenvalue weighted by molar-refractivity contribution is -0.117. The molecule has 1 aliphatic carbocycles. The van der Waals surface area contributed by atoms with E-state index in [1.165, 1.54) is 0 Å². The van der Waals surface area contributed by atoms with Gasteiger partial charge in [0.05, 0.1) is 13.0 Å². The number of para-hydroxylation sites is 1. The average Bonchev–Trinajstić information content (AvgIpc) is 2.73. The summed E-state index contributed by atoms with van der Waals surface area (Å²) >= 11 is 0. The van der Waals surface area contributed by atoms with E-state index in [2.05, 4.69) is 6.07 Å². The highest BCUT2D eigenvalue weighted by Crippen LogP contribution is 2.48. The average molecular weight is 372 g/mol. The number of carbonyl (C=O) groups excluding carboxylic acids is 1. The first-order chi connectivity index (χ1) is 13.6. The molecule has 5 nitrogen and oxygen atoms in total. The van der Waals surface area contributed by atoms with Crippen LogP contribution in [0.15, 0.2) is 77.4 Å². The molecular formula is C23H20N2O3. The van der Waals surface area contributed by atoms with Gasteiger partial charge < -0.3 is 15.2 Å². The third-order valence-corrected chi connectivity index (χ3v) is 5.38. The maximum Gasteiger partial charge on any atom is 0.205 e. The Hall–Kier alpha value is -3.52. The fourth-order valence-corrected chi connectivity index (χ4v) is 4.08. The van der Waals surface area contributed by atoms with E-state index in [-0.39, 0.29) is 23.2 Å². The summed E-state index contributed by atoms with van der Waals surface area (Å²) in [5.41, 5.74) is 8.69. The zero-order chi connectivity index (χ0) is 19.7. The number of carbonyl (C=O) groups is 1. The molecule has 0 spiro atoms. The summed E-state index contributed by atoms with van der Waals surface area (Å²) in [5, 5.41) is 9.72. The van der Waals surface area contributed by atoms with Gasteiger partial charge in [-0.3, -0.25) is 4.79 Å². The van der Waals surface area contributed by atoms with Gasteiger partial charge in [0, 0.05) is 24.0 Å². The molecule has 2 aliphatic rings. The van der Waals surface area contributed by atoms with Crippen molar-refractivity contribution in [2.75, 3.05) is 7.11 Å². The van der Waals surface area contributed by atoms with Gasteiger partial charge in [0.1, 0.15) is 23.2 Å². The van der Waals surface area contributed by atoms with E-state index >= 15 is 0 Å². The quantitative estimate of drug-likeness (QED) is 0.883. The molecule has 0 saturated carbocycles. The Morgan fingerprint density at radius 1 is 1.11 bits per heavy atom. The van der Waals surface area contributed by atoms with Crippen molar-refractivity contribution in [2.24, 2.45) is 5.73 Å². The Kier molecular flexibility index (Phi) is 4.62. The van der Waals surface area contributed by atoms with Crippen LogP contribution in [0.3, 0.4) is 0 Å². The number of ketones is 1. The zero-order valence-corrected chi connectivity index (χ0v) is 15.5. The minimum Gasteiger partial charge on any atom is -0.496 e. The summed E-state index contributed by atoms with van der Waals surface area (Å²) in [6.07, 6.45) is 0.937. The summed E-state index contributed by atoms with van der Waals surface area (Å²) in [6.45, 7) is 0. The predicted octanol–water partition coefficient (Wildman–Crippen LogP) is 3.90. The van der Waals surface area contributed by atoms with Crippen LogP contribution >= 0.6 is 0 Å². The van der Waals surface area contributed by atoms with Crippen molar-refractivity contribution in [3.05, 3.63) is 88.5 Å². The fourth-order valence-electron chi connectivity index (χ4n) is 4.08. The molecule has 2 N–H and O–H groups in total. The second kappa shape index (κ2) is 7.24. The van der Waals surface area contributed by atoms with Crippen molar-refractivity contribution in [3.8, 4) is 11.8 Å². The Bertz CT molecular complexity index is 1030. The molecular weight excluding hydrogens is 352 g/mol. The lowest BCUT2D eigenvalue weighted by atomic mass is 9.73. The molecule has 0 bridgehead atoms. The number of nitriles is 1. The van der Waals surface area contributed by atoms with Gasteiger partial charge in [-0.1, -0.05) is 48.5 Å². The topological polar surface area (TPSA) is 85.3 Å². The second-order valence-corrected chi connectivity index (χ2v) is 6.94. The number of ether oxygens (including phenoxy) is 2. The third-order valence-electron chi connectivity index (χ3n) is 5.38. The summed E-state index contributed by atoms with van der Waals surface area (Å²) in [6, 6.07) is 19.4. The van der Waals surface area contributed by atoms with Gasteiger partial charge in [-0.2, -0.15) is 5.26 Å². The molecule has 0 unspecified atom stereocenters. The molecule has 5 heteroatoms. The van der Waals surface area contributed by atoms with Crippen molar-refractivity contribution >= 4 is 5.78 Å². The normalized spacial score (nSPS) is 21.6. The predicted molar refractivity (Wildman–Crippen MR) is 104 cm³/mol. The minimum atomic E-state index is -0.575. The van der Waals surface area contributed by atoms with Gasteiger partial charge in [0.2, 0.25) is 5.88 Å². The van der Waals surface area contributed by atoms with E-state index in [9.17, 15) is 10.1 Å². The molecule has 2 aromatic rings. The van der Waals surface area contributed by atoms with Crippen LogP contribution in [0.5, 0.6) is 5.75 Å². The molecule has 0 aromatic heterocycles. The first kappa shape index (κ1) is 17.9. The lowest BCUT2D eigenvalue weighted by Crippen LogP contribution is -2.30. The van der Waals surface area contributed by atoms with Crippen LogP contribution in [-0.2, 0) is 9.53 Å². The number of hydrogen-bond donors (Lipinski definition) is 1. The number of Topliss-reactive ketones (excluding diaryl/α,β-unsaturated/α-hetero) is 1. The van der Waals surface area contributed by atoms with E-state index in [4.69, 9.17) is 15.2 Å². The number of methoxy groups -OCH3 is 1. The van der Waals surface area contributed by atoms with Gasteiger partial charge in [-0.05, 0) is 17.5 Å². The summed E-state index contributed by atoms with van der Waals surface area (Å²) in [4.78, 5) is 13.2. The Balaban J connectivity index is 1.83. The molecule has 0 amide bonds. The number of rotatable bonds is 3. The Morgan fingerprint density at radius 3 is 2.54 bits per heavy atom. The van der Waals surface area contributed by atoms with Gasteiger partial charge in [0.25, 0.3) is 0 Å². The number of nitrogens with zero attached hydrogens (tertiary/aromatic N) is 1. The standard InChI is InChI=1S/C23H20N2O3/c1-27-19-10-6-5-9-16(19)21-17(13-24)23(25)28-20-12-15(11-18(26)22(20)21)14-7-3-2-4-8-14/h2-10,15,21H,11-12,25H2,1H3/t15-,21-/m0/s1. The summed E-state index contributed by atoms with van der Waals surface area (Å²) in [7, 11) is 1.57. The van der Waals surface area contributed by atoms with Crippen molar-refractivity contribution < 1.29 is 14.3 Å². The van der Waals surface area contributed by atoms with Crippen molar-refractivity contribution in [3.63, 3.8) is 0 Å². The molecule has 4 rings (SSSR count). The van der Waals surface area contributed by atoms with E-state index in [1.54, 1.807) is 7.11 Å². The molecule has 2 aromatic carbocycles. The van der Waals surface area contributed by atoms with Crippen LogP contribution in [0.1, 0.15) is 35.8 Å². The number of benzene rings is 2. The monoisotopic (exact) mass is 372 g/mol. The number of nitrogens with two attached hydrogens (primary N) is 1. The summed E-state index contributed by atoms with van der Waals surface area (Å²) < 4.78 is 11.3. The SMILES string of the molecule is COc1ccccc1[C@H]1C(C#N)=C(N)OC2=C1C(=O)C[C@H](c1ccccc1)C2. The Labute approximate surface area is 163 Å². The smallest absolute Gasteiger partial charge is 0.205 e. The molecule has 0 fully saturated rings. The van der Waals surface area contributed by atoms with Crippen LogP contribution in [0, 0.1) is 11.3 Å². The van der Waals surface area contributed by atoms with Gasteiger partial charge in [0.15, 0.2) is 5.78 Å².